The topological polar surface area (TPSA) is 101 Å². The van der Waals surface area contributed by atoms with Gasteiger partial charge >= 0.3 is 0 Å². The minimum absolute atomic E-state index is 0. The number of pyridine rings is 1. The van der Waals surface area contributed by atoms with E-state index in [-0.39, 0.29) is 18.0 Å². The van der Waals surface area contributed by atoms with Crippen molar-refractivity contribution >= 4 is 29.4 Å². The highest BCUT2D eigenvalue weighted by atomic mass is 35.5. The first-order chi connectivity index (χ1) is 12.6. The van der Waals surface area contributed by atoms with Crippen LogP contribution in [0.5, 0.6) is 5.75 Å². The number of imidazole rings is 1. The summed E-state index contributed by atoms with van der Waals surface area (Å²) < 4.78 is 8.67. The lowest BCUT2D eigenvalue weighted by Gasteiger charge is -2.10. The molecule has 0 saturated carbocycles. The molecule has 0 aliphatic carbocycles. The van der Waals surface area contributed by atoms with Gasteiger partial charge in [-0.05, 0) is 18.2 Å². The molecule has 0 aliphatic heterocycles. The number of methoxy groups -OCH3 is 1. The fourth-order valence-electron chi connectivity index (χ4n) is 2.82. The van der Waals surface area contributed by atoms with Crippen LogP contribution in [0.1, 0.15) is 0 Å². The van der Waals surface area contributed by atoms with Gasteiger partial charge in [-0.1, -0.05) is 12.1 Å². The monoisotopic (exact) mass is 384 g/mol. The van der Waals surface area contributed by atoms with Crippen LogP contribution in [-0.4, -0.2) is 31.2 Å². The SMILES string of the molecule is COc1cccc(-c2nc3c(N)ncnc3n2-c2ccc(=O)n(C)c2)c1.Cl. The van der Waals surface area contributed by atoms with Crippen molar-refractivity contribution in [1.29, 1.82) is 0 Å². The van der Waals surface area contributed by atoms with Crippen LogP contribution in [0.25, 0.3) is 28.2 Å². The second-order valence-corrected chi connectivity index (χ2v) is 5.77. The van der Waals surface area contributed by atoms with E-state index >= 15 is 0 Å². The fraction of sp³-hybridized carbons (Fsp3) is 0.111. The van der Waals surface area contributed by atoms with Crippen LogP contribution in [0.15, 0.2) is 53.7 Å². The largest absolute Gasteiger partial charge is 0.497 e. The van der Waals surface area contributed by atoms with Gasteiger partial charge in [0.05, 0.1) is 12.8 Å². The number of benzene rings is 1. The normalized spacial score (nSPS) is 10.6. The third-order valence-corrected chi connectivity index (χ3v) is 4.13. The minimum Gasteiger partial charge on any atom is -0.497 e. The van der Waals surface area contributed by atoms with Crippen molar-refractivity contribution < 1.29 is 4.74 Å². The summed E-state index contributed by atoms with van der Waals surface area (Å²) >= 11 is 0. The molecule has 0 atom stereocenters. The first-order valence-electron chi connectivity index (χ1n) is 7.89. The Balaban J connectivity index is 0.00000210. The molecule has 9 heteroatoms. The van der Waals surface area contributed by atoms with Crippen LogP contribution < -0.4 is 16.0 Å². The first kappa shape index (κ1) is 18.4. The van der Waals surface area contributed by atoms with Gasteiger partial charge in [0.15, 0.2) is 17.0 Å². The van der Waals surface area contributed by atoms with Gasteiger partial charge in [-0.15, -0.1) is 12.4 Å². The van der Waals surface area contributed by atoms with Crippen molar-refractivity contribution in [3.05, 3.63) is 59.3 Å². The molecule has 4 rings (SSSR count). The third kappa shape index (κ3) is 3.11. The van der Waals surface area contributed by atoms with Crippen LogP contribution in [0.2, 0.25) is 0 Å². The van der Waals surface area contributed by atoms with E-state index in [2.05, 4.69) is 15.0 Å². The number of hydrogen-bond acceptors (Lipinski definition) is 6. The van der Waals surface area contributed by atoms with Gasteiger partial charge in [-0.2, -0.15) is 0 Å². The van der Waals surface area contributed by atoms with E-state index in [0.717, 1.165) is 11.3 Å². The summed E-state index contributed by atoms with van der Waals surface area (Å²) in [6, 6.07) is 10.8. The Morgan fingerprint density at radius 2 is 1.96 bits per heavy atom. The average Bonchev–Trinajstić information content (AvgIpc) is 3.05. The predicted molar refractivity (Wildman–Crippen MR) is 106 cm³/mol. The zero-order chi connectivity index (χ0) is 18.3. The van der Waals surface area contributed by atoms with Crippen molar-refractivity contribution in [3.8, 4) is 22.8 Å². The van der Waals surface area contributed by atoms with Crippen LogP contribution in [-0.2, 0) is 7.05 Å². The van der Waals surface area contributed by atoms with Crippen LogP contribution in [0.4, 0.5) is 5.82 Å². The van der Waals surface area contributed by atoms with Gasteiger partial charge in [0.2, 0.25) is 5.56 Å². The number of nitrogens with zero attached hydrogens (tertiary/aromatic N) is 5. The number of anilines is 1. The molecule has 2 N–H and O–H groups in total. The van der Waals surface area contributed by atoms with E-state index in [1.54, 1.807) is 26.4 Å². The van der Waals surface area contributed by atoms with Gasteiger partial charge in [-0.25, -0.2) is 15.0 Å². The predicted octanol–water partition coefficient (Wildman–Crippen LogP) is 2.19. The molecular weight excluding hydrogens is 368 g/mol. The molecule has 0 radical (unpaired) electrons. The Morgan fingerprint density at radius 1 is 1.15 bits per heavy atom. The summed E-state index contributed by atoms with van der Waals surface area (Å²) in [5.74, 6) is 1.63. The number of hydrogen-bond donors (Lipinski definition) is 1. The van der Waals surface area contributed by atoms with Crippen LogP contribution in [0, 0.1) is 0 Å². The Labute approximate surface area is 160 Å². The molecular formula is C18H17ClN6O2. The van der Waals surface area contributed by atoms with E-state index in [0.29, 0.717) is 28.6 Å². The van der Waals surface area contributed by atoms with E-state index < -0.39 is 0 Å². The van der Waals surface area contributed by atoms with Gasteiger partial charge in [0.1, 0.15) is 17.9 Å². The summed E-state index contributed by atoms with van der Waals surface area (Å²) in [7, 11) is 3.30. The molecule has 0 unspecified atom stereocenters. The lowest BCUT2D eigenvalue weighted by atomic mass is 10.2. The van der Waals surface area contributed by atoms with Gasteiger partial charge in [0.25, 0.3) is 0 Å². The van der Waals surface area contributed by atoms with Gasteiger partial charge in [-0.3, -0.25) is 9.36 Å². The van der Waals surface area contributed by atoms with E-state index in [1.807, 2.05) is 28.8 Å². The van der Waals surface area contributed by atoms with Crippen molar-refractivity contribution in [3.63, 3.8) is 0 Å². The standard InChI is InChI=1S/C18H16N6O2.ClH/c1-23-9-12(6-7-14(23)25)24-17(11-4-3-5-13(8-11)26-2)22-15-16(19)20-10-21-18(15)24;/h3-10H,1-2H3,(H2,19,20,21);1H. The number of aromatic nitrogens is 5. The van der Waals surface area contributed by atoms with E-state index in [4.69, 9.17) is 10.5 Å². The lowest BCUT2D eigenvalue weighted by molar-refractivity contribution is 0.415. The maximum absolute atomic E-state index is 11.8. The second-order valence-electron chi connectivity index (χ2n) is 5.77. The molecule has 0 spiro atoms. The lowest BCUT2D eigenvalue weighted by Crippen LogP contribution is -2.15. The maximum Gasteiger partial charge on any atom is 0.250 e. The van der Waals surface area contributed by atoms with E-state index in [1.165, 1.54) is 17.0 Å². The first-order valence-corrected chi connectivity index (χ1v) is 7.89. The molecule has 0 fully saturated rings. The summed E-state index contributed by atoms with van der Waals surface area (Å²) in [6.07, 6.45) is 3.12. The Kier molecular flexibility index (Phi) is 4.83. The number of rotatable bonds is 3. The number of aryl methyl sites for hydroxylation is 1. The molecule has 0 bridgehead atoms. The van der Waals surface area contributed by atoms with E-state index in [9.17, 15) is 4.79 Å². The van der Waals surface area contributed by atoms with Crippen LogP contribution in [0.3, 0.4) is 0 Å². The number of nitrogen functional groups attached to an aromatic ring is 1. The van der Waals surface area contributed by atoms with Gasteiger partial charge in [0, 0.05) is 24.9 Å². The summed E-state index contributed by atoms with van der Waals surface area (Å²) in [5, 5.41) is 0. The summed E-state index contributed by atoms with van der Waals surface area (Å²) in [4.78, 5) is 24.8. The van der Waals surface area contributed by atoms with Crippen molar-refractivity contribution in [2.24, 2.45) is 7.05 Å². The average molecular weight is 385 g/mol. The Bertz CT molecular complexity index is 1180. The maximum atomic E-state index is 11.8. The molecule has 3 heterocycles. The highest BCUT2D eigenvalue weighted by Crippen LogP contribution is 2.30. The number of ether oxygens (including phenoxy) is 1. The quantitative estimate of drug-likeness (QED) is 0.581. The number of halogens is 1. The van der Waals surface area contributed by atoms with Crippen molar-refractivity contribution in [1.82, 2.24) is 24.1 Å². The highest BCUT2D eigenvalue weighted by Gasteiger charge is 2.18. The van der Waals surface area contributed by atoms with Crippen molar-refractivity contribution in [2.45, 2.75) is 0 Å². The summed E-state index contributed by atoms with van der Waals surface area (Å²) in [6.45, 7) is 0. The third-order valence-electron chi connectivity index (χ3n) is 4.13. The zero-order valence-corrected chi connectivity index (χ0v) is 15.5. The molecule has 138 valence electrons. The zero-order valence-electron chi connectivity index (χ0n) is 14.7. The smallest absolute Gasteiger partial charge is 0.250 e. The molecule has 3 aromatic heterocycles. The molecule has 1 aromatic carbocycles. The molecule has 27 heavy (non-hydrogen) atoms. The molecule has 0 saturated heterocycles. The molecule has 0 amide bonds. The highest BCUT2D eigenvalue weighted by molar-refractivity contribution is 5.87. The number of fused-ring (bicyclic) bond motifs is 1. The van der Waals surface area contributed by atoms with Crippen molar-refractivity contribution in [2.75, 3.05) is 12.8 Å². The number of nitrogens with two attached hydrogens (primary N) is 1. The molecule has 0 aliphatic rings. The Morgan fingerprint density at radius 3 is 2.70 bits per heavy atom. The van der Waals surface area contributed by atoms with Gasteiger partial charge < -0.3 is 15.0 Å². The van der Waals surface area contributed by atoms with Crippen LogP contribution >= 0.6 is 12.4 Å². The summed E-state index contributed by atoms with van der Waals surface area (Å²) in [5.41, 5.74) is 8.53. The molecule has 4 aromatic rings. The Hall–Kier alpha value is -3.39. The fourth-order valence-corrected chi connectivity index (χ4v) is 2.82. The minimum atomic E-state index is -0.102. The molecule has 8 nitrogen and oxygen atoms in total. The second kappa shape index (κ2) is 7.08.